The summed E-state index contributed by atoms with van der Waals surface area (Å²) >= 11 is 0. The predicted octanol–water partition coefficient (Wildman–Crippen LogP) is 2.71. The fourth-order valence-corrected chi connectivity index (χ4v) is 2.34. The zero-order chi connectivity index (χ0) is 16.1. The van der Waals surface area contributed by atoms with Crippen LogP contribution in [0, 0.1) is 6.92 Å². The van der Waals surface area contributed by atoms with E-state index in [0.29, 0.717) is 24.6 Å². The molecule has 1 atom stereocenters. The molecule has 0 aliphatic carbocycles. The normalized spacial score (nSPS) is 17.5. The highest BCUT2D eigenvalue weighted by molar-refractivity contribution is 5.95. The molecule has 2 aromatic carbocycles. The monoisotopic (exact) mass is 312 g/mol. The van der Waals surface area contributed by atoms with E-state index < -0.39 is 6.10 Å². The molecule has 1 saturated heterocycles. The van der Waals surface area contributed by atoms with Crippen LogP contribution in [0.2, 0.25) is 0 Å². The van der Waals surface area contributed by atoms with Crippen molar-refractivity contribution in [3.8, 4) is 11.5 Å². The molecule has 1 fully saturated rings. The van der Waals surface area contributed by atoms with Gasteiger partial charge >= 0.3 is 0 Å². The predicted molar refractivity (Wildman–Crippen MR) is 88.9 cm³/mol. The number of morpholine rings is 1. The maximum Gasteiger partial charge on any atom is 0.254 e. The molecule has 120 valence electrons. The van der Waals surface area contributed by atoms with Crippen LogP contribution in [0.25, 0.3) is 0 Å². The molecule has 1 aliphatic heterocycles. The van der Waals surface area contributed by atoms with E-state index in [1.807, 2.05) is 55.5 Å². The summed E-state index contributed by atoms with van der Waals surface area (Å²) in [6.45, 7) is 3.86. The van der Waals surface area contributed by atoms with Crippen LogP contribution in [0.1, 0.15) is 5.56 Å². The quantitative estimate of drug-likeness (QED) is 0.911. The van der Waals surface area contributed by atoms with E-state index in [-0.39, 0.29) is 5.91 Å². The highest BCUT2D eigenvalue weighted by atomic mass is 16.5. The maximum atomic E-state index is 12.3. The third-order valence-corrected chi connectivity index (χ3v) is 3.61. The Morgan fingerprint density at radius 2 is 2.00 bits per heavy atom. The topological polar surface area (TPSA) is 59.6 Å². The van der Waals surface area contributed by atoms with Crippen LogP contribution in [0.15, 0.2) is 48.5 Å². The number of anilines is 1. The summed E-state index contributed by atoms with van der Waals surface area (Å²) in [4.78, 5) is 12.3. The molecule has 0 aromatic heterocycles. The number of carbonyl (C=O) groups is 1. The summed E-state index contributed by atoms with van der Waals surface area (Å²) in [6.07, 6.45) is -0.476. The first kappa shape index (κ1) is 15.5. The third-order valence-electron chi connectivity index (χ3n) is 3.61. The molecular formula is C18H20N2O3. The lowest BCUT2D eigenvalue weighted by Crippen LogP contribution is -2.45. The Morgan fingerprint density at radius 3 is 2.74 bits per heavy atom. The Hall–Kier alpha value is -2.37. The van der Waals surface area contributed by atoms with E-state index in [1.165, 1.54) is 5.56 Å². The van der Waals surface area contributed by atoms with Crippen molar-refractivity contribution in [2.45, 2.75) is 13.0 Å². The standard InChI is InChI=1S/C18H20N2O3/c1-13-6-8-14(9-7-13)23-16-5-3-2-4-15(16)20-18(21)17-12-19-10-11-22-17/h2-9,17,19H,10-12H2,1H3,(H,20,21). The van der Waals surface area contributed by atoms with Crippen LogP contribution < -0.4 is 15.4 Å². The van der Waals surface area contributed by atoms with Crippen molar-refractivity contribution in [3.63, 3.8) is 0 Å². The lowest BCUT2D eigenvalue weighted by atomic mass is 10.2. The molecule has 1 heterocycles. The molecule has 2 N–H and O–H groups in total. The van der Waals surface area contributed by atoms with Crippen molar-refractivity contribution in [2.24, 2.45) is 0 Å². The highest BCUT2D eigenvalue weighted by Gasteiger charge is 2.22. The Bertz CT molecular complexity index is 664. The van der Waals surface area contributed by atoms with Crippen molar-refractivity contribution in [3.05, 3.63) is 54.1 Å². The van der Waals surface area contributed by atoms with Crippen LogP contribution in [0.3, 0.4) is 0 Å². The number of benzene rings is 2. The van der Waals surface area contributed by atoms with Crippen LogP contribution in [-0.2, 0) is 9.53 Å². The largest absolute Gasteiger partial charge is 0.455 e. The van der Waals surface area contributed by atoms with Crippen LogP contribution in [0.4, 0.5) is 5.69 Å². The SMILES string of the molecule is Cc1ccc(Oc2ccccc2NC(=O)C2CNCCO2)cc1. The first-order chi connectivity index (χ1) is 11.2. The van der Waals surface area contributed by atoms with Crippen molar-refractivity contribution >= 4 is 11.6 Å². The average Bonchev–Trinajstić information content (AvgIpc) is 2.59. The minimum Gasteiger partial charge on any atom is -0.455 e. The first-order valence-corrected chi connectivity index (χ1v) is 7.69. The lowest BCUT2D eigenvalue weighted by molar-refractivity contribution is -0.128. The molecule has 5 heteroatoms. The van der Waals surface area contributed by atoms with Gasteiger partial charge in [-0.1, -0.05) is 29.8 Å². The summed E-state index contributed by atoms with van der Waals surface area (Å²) < 4.78 is 11.3. The highest BCUT2D eigenvalue weighted by Crippen LogP contribution is 2.29. The number of rotatable bonds is 4. The number of para-hydroxylation sites is 2. The number of nitrogens with one attached hydrogen (secondary N) is 2. The molecule has 5 nitrogen and oxygen atoms in total. The number of ether oxygens (including phenoxy) is 2. The zero-order valence-electron chi connectivity index (χ0n) is 13.0. The van der Waals surface area contributed by atoms with E-state index in [9.17, 15) is 4.79 Å². The Kier molecular flexibility index (Phi) is 4.90. The van der Waals surface area contributed by atoms with Crippen LogP contribution in [-0.4, -0.2) is 31.7 Å². The van der Waals surface area contributed by atoms with Gasteiger partial charge < -0.3 is 20.1 Å². The summed E-state index contributed by atoms with van der Waals surface area (Å²) in [7, 11) is 0. The fraction of sp³-hybridized carbons (Fsp3) is 0.278. The summed E-state index contributed by atoms with van der Waals surface area (Å²) in [5.74, 6) is 1.17. The maximum absolute atomic E-state index is 12.3. The molecule has 1 aliphatic rings. The summed E-state index contributed by atoms with van der Waals surface area (Å²) in [5.41, 5.74) is 1.80. The van der Waals surface area contributed by atoms with E-state index in [4.69, 9.17) is 9.47 Å². The van der Waals surface area contributed by atoms with Gasteiger partial charge in [-0.2, -0.15) is 0 Å². The zero-order valence-corrected chi connectivity index (χ0v) is 13.0. The third kappa shape index (κ3) is 4.09. The van der Waals surface area contributed by atoms with E-state index in [2.05, 4.69) is 10.6 Å². The van der Waals surface area contributed by atoms with Gasteiger partial charge in [-0.25, -0.2) is 0 Å². The summed E-state index contributed by atoms with van der Waals surface area (Å²) in [5, 5.41) is 6.03. The van der Waals surface area contributed by atoms with Gasteiger partial charge in [-0.15, -0.1) is 0 Å². The molecule has 2 aromatic rings. The molecule has 0 bridgehead atoms. The Balaban J connectivity index is 1.72. The van der Waals surface area contributed by atoms with Crippen LogP contribution in [0.5, 0.6) is 11.5 Å². The summed E-state index contributed by atoms with van der Waals surface area (Å²) in [6, 6.07) is 15.2. The van der Waals surface area contributed by atoms with Gasteiger partial charge in [-0.3, -0.25) is 4.79 Å². The Labute approximate surface area is 135 Å². The van der Waals surface area contributed by atoms with Gasteiger partial charge in [-0.05, 0) is 31.2 Å². The molecular weight excluding hydrogens is 292 g/mol. The van der Waals surface area contributed by atoms with Crippen molar-refractivity contribution in [1.29, 1.82) is 0 Å². The molecule has 0 saturated carbocycles. The lowest BCUT2D eigenvalue weighted by Gasteiger charge is -2.23. The average molecular weight is 312 g/mol. The van der Waals surface area contributed by atoms with E-state index in [1.54, 1.807) is 0 Å². The van der Waals surface area contributed by atoms with Gasteiger partial charge in [0, 0.05) is 13.1 Å². The minimum absolute atomic E-state index is 0.169. The molecule has 0 spiro atoms. The molecule has 1 amide bonds. The van der Waals surface area contributed by atoms with Gasteiger partial charge in [0.15, 0.2) is 5.75 Å². The minimum atomic E-state index is -0.476. The molecule has 1 unspecified atom stereocenters. The first-order valence-electron chi connectivity index (χ1n) is 7.69. The van der Waals surface area contributed by atoms with Gasteiger partial charge in [0.25, 0.3) is 5.91 Å². The van der Waals surface area contributed by atoms with Crippen molar-refractivity contribution < 1.29 is 14.3 Å². The van der Waals surface area contributed by atoms with Crippen molar-refractivity contribution in [2.75, 3.05) is 25.0 Å². The van der Waals surface area contributed by atoms with E-state index >= 15 is 0 Å². The second-order valence-corrected chi connectivity index (χ2v) is 5.46. The Morgan fingerprint density at radius 1 is 1.22 bits per heavy atom. The number of carbonyl (C=O) groups excluding carboxylic acids is 1. The number of hydrogen-bond acceptors (Lipinski definition) is 4. The molecule has 23 heavy (non-hydrogen) atoms. The van der Waals surface area contributed by atoms with E-state index in [0.717, 1.165) is 12.3 Å². The smallest absolute Gasteiger partial charge is 0.254 e. The molecule has 0 radical (unpaired) electrons. The van der Waals surface area contributed by atoms with Crippen molar-refractivity contribution in [1.82, 2.24) is 5.32 Å². The van der Waals surface area contributed by atoms with Gasteiger partial charge in [0.1, 0.15) is 11.9 Å². The van der Waals surface area contributed by atoms with Gasteiger partial charge in [0.05, 0.1) is 12.3 Å². The molecule has 3 rings (SSSR count). The fourth-order valence-electron chi connectivity index (χ4n) is 2.34. The van der Waals surface area contributed by atoms with Gasteiger partial charge in [0.2, 0.25) is 0 Å². The van der Waals surface area contributed by atoms with Crippen LogP contribution >= 0.6 is 0 Å². The number of amides is 1. The second kappa shape index (κ2) is 7.26. The number of hydrogen-bond donors (Lipinski definition) is 2. The second-order valence-electron chi connectivity index (χ2n) is 5.46. The number of aryl methyl sites for hydroxylation is 1.